The number of benzene rings is 2. The summed E-state index contributed by atoms with van der Waals surface area (Å²) in [5, 5.41) is 12.8. The number of nitrogens with zero attached hydrogens (tertiary/aromatic N) is 1. The fourth-order valence-electron chi connectivity index (χ4n) is 4.64. The van der Waals surface area contributed by atoms with Crippen molar-refractivity contribution in [1.29, 1.82) is 0 Å². The number of esters is 1. The van der Waals surface area contributed by atoms with Gasteiger partial charge >= 0.3 is 5.97 Å². The summed E-state index contributed by atoms with van der Waals surface area (Å²) >= 11 is 0. The molecular formula is C22H21FN2O5. The van der Waals surface area contributed by atoms with Gasteiger partial charge in [0.05, 0.1) is 18.9 Å². The Morgan fingerprint density at radius 3 is 2.37 bits per heavy atom. The number of methoxy groups -OCH3 is 1. The Hall–Kier alpha value is -3.26. The third-order valence-corrected chi connectivity index (χ3v) is 6.07. The number of halogens is 1. The molecule has 8 heteroatoms. The van der Waals surface area contributed by atoms with Crippen molar-refractivity contribution in [2.75, 3.05) is 14.2 Å². The molecule has 2 N–H and O–H groups in total. The van der Waals surface area contributed by atoms with Gasteiger partial charge in [-0.05, 0) is 35.4 Å². The van der Waals surface area contributed by atoms with E-state index in [1.165, 1.54) is 50.6 Å². The first-order chi connectivity index (χ1) is 14.3. The number of carbonyl (C=O) groups is 3. The molecule has 2 aromatic carbocycles. The SMILES string of the molecule is COC(=O)[C@]1(Cc2ccc(O)cc2)N[C@H](c2ccc(F)cc2)[C@@H]2C(=O)N(C)C(=O)[C@H]21. The first-order valence-electron chi connectivity index (χ1n) is 9.49. The van der Waals surface area contributed by atoms with Gasteiger partial charge in [-0.2, -0.15) is 0 Å². The summed E-state index contributed by atoms with van der Waals surface area (Å²) in [6, 6.07) is 11.2. The van der Waals surface area contributed by atoms with E-state index in [1.54, 1.807) is 12.1 Å². The van der Waals surface area contributed by atoms with Gasteiger partial charge in [0.2, 0.25) is 11.8 Å². The van der Waals surface area contributed by atoms with Crippen LogP contribution in [-0.4, -0.2) is 47.5 Å². The van der Waals surface area contributed by atoms with Gasteiger partial charge in [-0.1, -0.05) is 24.3 Å². The largest absolute Gasteiger partial charge is 0.508 e. The predicted octanol–water partition coefficient (Wildman–Crippen LogP) is 1.56. The first-order valence-corrected chi connectivity index (χ1v) is 9.49. The van der Waals surface area contributed by atoms with Crippen LogP contribution in [0.25, 0.3) is 0 Å². The molecule has 4 rings (SSSR count). The summed E-state index contributed by atoms with van der Waals surface area (Å²) < 4.78 is 18.5. The third-order valence-electron chi connectivity index (χ3n) is 6.07. The van der Waals surface area contributed by atoms with Crippen molar-refractivity contribution in [3.8, 4) is 5.75 Å². The van der Waals surface area contributed by atoms with Gasteiger partial charge in [0.1, 0.15) is 17.1 Å². The van der Waals surface area contributed by atoms with Crippen molar-refractivity contribution < 1.29 is 28.6 Å². The van der Waals surface area contributed by atoms with E-state index in [1.807, 2.05) is 0 Å². The summed E-state index contributed by atoms with van der Waals surface area (Å²) in [6.45, 7) is 0. The zero-order valence-corrected chi connectivity index (χ0v) is 16.5. The average Bonchev–Trinajstić information content (AvgIpc) is 3.20. The highest BCUT2D eigenvalue weighted by molar-refractivity contribution is 6.09. The van der Waals surface area contributed by atoms with Gasteiger partial charge in [-0.25, -0.2) is 4.39 Å². The van der Waals surface area contributed by atoms with Crippen LogP contribution in [0.4, 0.5) is 4.39 Å². The Morgan fingerprint density at radius 2 is 1.77 bits per heavy atom. The number of rotatable bonds is 4. The molecule has 2 aliphatic heterocycles. The maximum Gasteiger partial charge on any atom is 0.327 e. The molecule has 2 aliphatic rings. The Morgan fingerprint density at radius 1 is 1.13 bits per heavy atom. The van der Waals surface area contributed by atoms with Crippen LogP contribution in [0.1, 0.15) is 17.2 Å². The Balaban J connectivity index is 1.84. The lowest BCUT2D eigenvalue weighted by atomic mass is 9.76. The molecule has 0 bridgehead atoms. The number of ether oxygens (including phenoxy) is 1. The molecule has 2 fully saturated rings. The van der Waals surface area contributed by atoms with Crippen LogP contribution in [0.2, 0.25) is 0 Å². The van der Waals surface area contributed by atoms with E-state index in [0.717, 1.165) is 4.90 Å². The van der Waals surface area contributed by atoms with Crippen LogP contribution in [-0.2, 0) is 25.5 Å². The summed E-state index contributed by atoms with van der Waals surface area (Å²) in [5.74, 6) is -3.70. The molecule has 30 heavy (non-hydrogen) atoms. The molecular weight excluding hydrogens is 391 g/mol. The van der Waals surface area contributed by atoms with E-state index in [4.69, 9.17) is 4.74 Å². The lowest BCUT2D eigenvalue weighted by molar-refractivity contribution is -0.153. The second-order valence-electron chi connectivity index (χ2n) is 7.72. The highest BCUT2D eigenvalue weighted by Gasteiger charge is 2.68. The van der Waals surface area contributed by atoms with Crippen molar-refractivity contribution in [2.24, 2.45) is 11.8 Å². The fourth-order valence-corrected chi connectivity index (χ4v) is 4.64. The zero-order valence-electron chi connectivity index (χ0n) is 16.5. The highest BCUT2D eigenvalue weighted by Crippen LogP contribution is 2.50. The predicted molar refractivity (Wildman–Crippen MR) is 104 cm³/mol. The molecule has 2 saturated heterocycles. The van der Waals surface area contributed by atoms with E-state index >= 15 is 0 Å². The average molecular weight is 412 g/mol. The lowest BCUT2D eigenvalue weighted by Gasteiger charge is -2.32. The number of hydrogen-bond donors (Lipinski definition) is 2. The quantitative estimate of drug-likeness (QED) is 0.585. The molecule has 0 radical (unpaired) electrons. The molecule has 0 spiro atoms. The number of aromatic hydroxyl groups is 1. The Labute approximate surface area is 172 Å². The van der Waals surface area contributed by atoms with Gasteiger partial charge in [-0.3, -0.25) is 24.6 Å². The van der Waals surface area contributed by atoms with Crippen molar-refractivity contribution >= 4 is 17.8 Å². The Bertz CT molecular complexity index is 1010. The van der Waals surface area contributed by atoms with Crippen LogP contribution in [0, 0.1) is 17.7 Å². The minimum Gasteiger partial charge on any atom is -0.508 e. The lowest BCUT2D eigenvalue weighted by Crippen LogP contribution is -2.57. The van der Waals surface area contributed by atoms with E-state index in [-0.39, 0.29) is 12.2 Å². The summed E-state index contributed by atoms with van der Waals surface area (Å²) in [5.41, 5.74) is -0.217. The number of nitrogens with one attached hydrogen (secondary N) is 1. The molecule has 0 unspecified atom stereocenters. The number of likely N-dealkylation sites (tertiary alicyclic amines) is 1. The molecule has 156 valence electrons. The van der Waals surface area contributed by atoms with Gasteiger partial charge in [0, 0.05) is 19.5 Å². The zero-order chi connectivity index (χ0) is 21.6. The van der Waals surface area contributed by atoms with E-state index in [0.29, 0.717) is 11.1 Å². The topological polar surface area (TPSA) is 95.9 Å². The smallest absolute Gasteiger partial charge is 0.327 e. The number of phenols is 1. The number of amides is 2. The van der Waals surface area contributed by atoms with E-state index in [9.17, 15) is 23.9 Å². The summed E-state index contributed by atoms with van der Waals surface area (Å²) in [7, 11) is 2.63. The first kappa shape index (κ1) is 20.0. The number of phenolic OH excluding ortho intramolecular Hbond substituents is 1. The monoisotopic (exact) mass is 412 g/mol. The molecule has 0 aliphatic carbocycles. The molecule has 2 amide bonds. The van der Waals surface area contributed by atoms with Crippen molar-refractivity contribution in [3.63, 3.8) is 0 Å². The van der Waals surface area contributed by atoms with Crippen molar-refractivity contribution in [2.45, 2.75) is 18.0 Å². The van der Waals surface area contributed by atoms with Crippen molar-refractivity contribution in [1.82, 2.24) is 10.2 Å². The summed E-state index contributed by atoms with van der Waals surface area (Å²) in [6.07, 6.45) is 0.0751. The van der Waals surface area contributed by atoms with Gasteiger partial charge in [-0.15, -0.1) is 0 Å². The minimum atomic E-state index is -1.49. The minimum absolute atomic E-state index is 0.0687. The van der Waals surface area contributed by atoms with Crippen LogP contribution in [0.15, 0.2) is 48.5 Å². The van der Waals surface area contributed by atoms with Gasteiger partial charge in [0.15, 0.2) is 0 Å². The molecule has 4 atom stereocenters. The maximum absolute atomic E-state index is 13.5. The Kier molecular flexibility index (Phi) is 4.82. The second-order valence-corrected chi connectivity index (χ2v) is 7.72. The van der Waals surface area contributed by atoms with Gasteiger partial charge in [0.25, 0.3) is 0 Å². The van der Waals surface area contributed by atoms with Crippen molar-refractivity contribution in [3.05, 3.63) is 65.5 Å². The molecule has 2 aromatic rings. The molecule has 7 nitrogen and oxygen atoms in total. The highest BCUT2D eigenvalue weighted by atomic mass is 19.1. The number of carbonyl (C=O) groups excluding carboxylic acids is 3. The van der Waals surface area contributed by atoms with E-state index in [2.05, 4.69) is 5.32 Å². The van der Waals surface area contributed by atoms with Crippen LogP contribution in [0.3, 0.4) is 0 Å². The molecule has 2 heterocycles. The molecule has 0 saturated carbocycles. The standard InChI is InChI=1S/C22H21FN2O5/c1-25-19(27)16-17(20(25)28)22(21(29)30-2,11-12-3-9-15(26)10-4-12)24-18(16)13-5-7-14(23)8-6-13/h3-10,16-18,24,26H,11H2,1-2H3/t16-,17+,18-,22-/m1/s1. The van der Waals surface area contributed by atoms with Crippen LogP contribution < -0.4 is 5.32 Å². The fraction of sp³-hybridized carbons (Fsp3) is 0.318. The maximum atomic E-state index is 13.5. The molecule has 0 aromatic heterocycles. The van der Waals surface area contributed by atoms with Gasteiger partial charge < -0.3 is 9.84 Å². The number of imide groups is 1. The summed E-state index contributed by atoms with van der Waals surface area (Å²) in [4.78, 5) is 40.1. The van der Waals surface area contributed by atoms with Crippen LogP contribution in [0.5, 0.6) is 5.75 Å². The number of fused-ring (bicyclic) bond motifs is 1. The number of hydrogen-bond acceptors (Lipinski definition) is 6. The normalized spacial score (nSPS) is 28.0. The second kappa shape index (κ2) is 7.21. The van der Waals surface area contributed by atoms with E-state index < -0.39 is 47.0 Å². The third kappa shape index (κ3) is 2.95. The van der Waals surface area contributed by atoms with Crippen LogP contribution >= 0.6 is 0 Å².